The molecular weight excluding hydrogens is 506 g/mol. The largest absolute Gasteiger partial charge is 0.495 e. The van der Waals surface area contributed by atoms with Gasteiger partial charge in [0.05, 0.1) is 24.2 Å². The summed E-state index contributed by atoms with van der Waals surface area (Å²) < 4.78 is 8.81. The standard InChI is InChI=1S/C28H30ClN5O4/c1-17(26(30)27(35)36)13-18-11-12-32(15-18)23-8-7-21(14-24(23)38-2)33-16-31-25-10-9-22(34(25)28(33)37)19-3-5-20(29)6-4-19/h3-10,14,16-18,26H,11-13,15,30H2,1-2H3,(H,35,36)/t17?,18-,26?/m0/s1. The lowest BCUT2D eigenvalue weighted by Crippen LogP contribution is -2.37. The molecule has 0 spiro atoms. The molecule has 2 unspecified atom stereocenters. The number of fused-ring (bicyclic) bond motifs is 1. The first-order chi connectivity index (χ1) is 18.3. The van der Waals surface area contributed by atoms with E-state index in [1.807, 2.05) is 49.4 Å². The maximum absolute atomic E-state index is 13.6. The number of nitrogens with zero attached hydrogens (tertiary/aromatic N) is 4. The van der Waals surface area contributed by atoms with Gasteiger partial charge in [-0.15, -0.1) is 0 Å². The van der Waals surface area contributed by atoms with Crippen LogP contribution in [0.3, 0.4) is 0 Å². The van der Waals surface area contributed by atoms with Gasteiger partial charge in [-0.05, 0) is 66.6 Å². The highest BCUT2D eigenvalue weighted by Gasteiger charge is 2.29. The van der Waals surface area contributed by atoms with E-state index in [0.717, 1.165) is 42.9 Å². The SMILES string of the molecule is COc1cc(-n2cnc3ccc(-c4ccc(Cl)cc4)n3c2=O)ccc1N1CC[C@@H](CC(C)C(N)C(=O)O)C1. The molecular formula is C28H30ClN5O4. The molecule has 10 heteroatoms. The third kappa shape index (κ3) is 4.87. The third-order valence-electron chi connectivity index (χ3n) is 7.37. The average Bonchev–Trinajstić information content (AvgIpc) is 3.56. The summed E-state index contributed by atoms with van der Waals surface area (Å²) in [5, 5.41) is 9.83. The first-order valence-corrected chi connectivity index (χ1v) is 12.9. The molecule has 0 bridgehead atoms. The van der Waals surface area contributed by atoms with Gasteiger partial charge in [-0.2, -0.15) is 0 Å². The first-order valence-electron chi connectivity index (χ1n) is 12.5. The van der Waals surface area contributed by atoms with Crippen LogP contribution in [0.4, 0.5) is 5.69 Å². The Morgan fingerprint density at radius 1 is 1.21 bits per heavy atom. The number of rotatable bonds is 8. The van der Waals surface area contributed by atoms with Crippen molar-refractivity contribution in [1.82, 2.24) is 14.0 Å². The van der Waals surface area contributed by atoms with Crippen molar-refractivity contribution in [3.8, 4) is 22.7 Å². The van der Waals surface area contributed by atoms with Crippen LogP contribution < -0.4 is 21.1 Å². The van der Waals surface area contributed by atoms with Crippen molar-refractivity contribution in [3.63, 3.8) is 0 Å². The summed E-state index contributed by atoms with van der Waals surface area (Å²) in [5.74, 6) is -0.0832. The van der Waals surface area contributed by atoms with Gasteiger partial charge in [0.1, 0.15) is 23.8 Å². The number of carboxylic acid groups (broad SMARTS) is 1. The number of carboxylic acids is 1. The zero-order valence-corrected chi connectivity index (χ0v) is 22.0. The monoisotopic (exact) mass is 535 g/mol. The topological polar surface area (TPSA) is 115 Å². The minimum Gasteiger partial charge on any atom is -0.495 e. The third-order valence-corrected chi connectivity index (χ3v) is 7.63. The van der Waals surface area contributed by atoms with Gasteiger partial charge in [-0.1, -0.05) is 30.7 Å². The molecule has 1 aliphatic heterocycles. The van der Waals surface area contributed by atoms with Crippen LogP contribution in [0.25, 0.3) is 22.6 Å². The summed E-state index contributed by atoms with van der Waals surface area (Å²) in [4.78, 5) is 31.6. The predicted octanol–water partition coefficient (Wildman–Crippen LogP) is 4.08. The normalized spacial score (nSPS) is 17.1. The van der Waals surface area contributed by atoms with Crippen molar-refractivity contribution in [2.45, 2.75) is 25.8 Å². The van der Waals surface area contributed by atoms with Gasteiger partial charge >= 0.3 is 11.7 Å². The molecule has 1 saturated heterocycles. The highest BCUT2D eigenvalue weighted by Crippen LogP contribution is 2.35. The molecule has 0 aliphatic carbocycles. The second-order valence-electron chi connectivity index (χ2n) is 9.85. The number of anilines is 1. The molecule has 2 aromatic carbocycles. The Bertz CT molecular complexity index is 1530. The zero-order valence-electron chi connectivity index (χ0n) is 21.3. The molecule has 3 N–H and O–H groups in total. The fourth-order valence-corrected chi connectivity index (χ4v) is 5.39. The Morgan fingerprint density at radius 3 is 2.68 bits per heavy atom. The summed E-state index contributed by atoms with van der Waals surface area (Å²) >= 11 is 6.04. The summed E-state index contributed by atoms with van der Waals surface area (Å²) in [5.41, 5.74) is 9.28. The number of aliphatic carboxylic acids is 1. The fourth-order valence-electron chi connectivity index (χ4n) is 5.26. The number of hydrogen-bond donors (Lipinski definition) is 2. The lowest BCUT2D eigenvalue weighted by molar-refractivity contribution is -0.139. The van der Waals surface area contributed by atoms with Gasteiger partial charge in [0.2, 0.25) is 0 Å². The molecule has 3 atom stereocenters. The minimum atomic E-state index is -0.965. The van der Waals surface area contributed by atoms with E-state index in [1.54, 1.807) is 23.6 Å². The number of halogens is 1. The lowest BCUT2D eigenvalue weighted by Gasteiger charge is -2.23. The van der Waals surface area contributed by atoms with E-state index in [4.69, 9.17) is 22.1 Å². The smallest absolute Gasteiger partial charge is 0.340 e. The van der Waals surface area contributed by atoms with Gasteiger partial charge < -0.3 is 20.5 Å². The maximum atomic E-state index is 13.6. The molecule has 0 radical (unpaired) electrons. The molecule has 9 nitrogen and oxygen atoms in total. The maximum Gasteiger partial charge on any atom is 0.340 e. The molecule has 4 aromatic rings. The van der Waals surface area contributed by atoms with Crippen molar-refractivity contribution < 1.29 is 14.6 Å². The van der Waals surface area contributed by atoms with E-state index in [1.165, 1.54) is 10.9 Å². The van der Waals surface area contributed by atoms with E-state index in [-0.39, 0.29) is 11.6 Å². The summed E-state index contributed by atoms with van der Waals surface area (Å²) in [6.07, 6.45) is 3.22. The van der Waals surface area contributed by atoms with Crippen molar-refractivity contribution in [3.05, 3.63) is 76.4 Å². The highest BCUT2D eigenvalue weighted by molar-refractivity contribution is 6.30. The second-order valence-corrected chi connectivity index (χ2v) is 10.3. The Morgan fingerprint density at radius 2 is 1.97 bits per heavy atom. The van der Waals surface area contributed by atoms with Gasteiger partial charge in [-0.25, -0.2) is 14.2 Å². The predicted molar refractivity (Wildman–Crippen MR) is 147 cm³/mol. The van der Waals surface area contributed by atoms with Crippen molar-refractivity contribution >= 4 is 28.9 Å². The van der Waals surface area contributed by atoms with Crippen LogP contribution in [0.15, 0.2) is 65.7 Å². The van der Waals surface area contributed by atoms with Crippen LogP contribution in [0.1, 0.15) is 19.8 Å². The van der Waals surface area contributed by atoms with Crippen LogP contribution in [-0.2, 0) is 4.79 Å². The van der Waals surface area contributed by atoms with Crippen molar-refractivity contribution in [2.75, 3.05) is 25.1 Å². The average molecular weight is 536 g/mol. The van der Waals surface area contributed by atoms with E-state index in [9.17, 15) is 14.7 Å². The Kier molecular flexibility index (Phi) is 7.14. The number of hydrogen-bond acceptors (Lipinski definition) is 6. The van der Waals surface area contributed by atoms with Gasteiger partial charge in [0, 0.05) is 24.2 Å². The Balaban J connectivity index is 1.42. The molecule has 0 saturated carbocycles. The first kappa shape index (κ1) is 25.8. The van der Waals surface area contributed by atoms with E-state index >= 15 is 0 Å². The van der Waals surface area contributed by atoms with E-state index in [0.29, 0.717) is 28.0 Å². The zero-order chi connectivity index (χ0) is 27.0. The molecule has 198 valence electrons. The van der Waals surface area contributed by atoms with Crippen molar-refractivity contribution in [2.24, 2.45) is 17.6 Å². The Labute approximate surface area is 225 Å². The van der Waals surface area contributed by atoms with Crippen LogP contribution in [-0.4, -0.2) is 51.3 Å². The number of carbonyl (C=O) groups is 1. The van der Waals surface area contributed by atoms with Crippen LogP contribution in [0.5, 0.6) is 5.75 Å². The summed E-state index contributed by atoms with van der Waals surface area (Å²) in [6.45, 7) is 3.51. The van der Waals surface area contributed by atoms with E-state index < -0.39 is 12.0 Å². The van der Waals surface area contributed by atoms with Gasteiger partial charge in [0.15, 0.2) is 0 Å². The summed E-state index contributed by atoms with van der Waals surface area (Å²) in [6, 6.07) is 15.8. The number of methoxy groups -OCH3 is 1. The highest BCUT2D eigenvalue weighted by atomic mass is 35.5. The van der Waals surface area contributed by atoms with Crippen LogP contribution >= 0.6 is 11.6 Å². The summed E-state index contributed by atoms with van der Waals surface area (Å²) in [7, 11) is 1.61. The molecule has 5 rings (SSSR count). The fraction of sp³-hybridized carbons (Fsp3) is 0.321. The Hall–Kier alpha value is -3.82. The molecule has 1 fully saturated rings. The molecule has 1 aliphatic rings. The molecule has 38 heavy (non-hydrogen) atoms. The molecule has 0 amide bonds. The van der Waals surface area contributed by atoms with Crippen molar-refractivity contribution in [1.29, 1.82) is 0 Å². The second kappa shape index (κ2) is 10.5. The molecule has 2 aromatic heterocycles. The number of ether oxygens (including phenoxy) is 1. The number of benzene rings is 2. The van der Waals surface area contributed by atoms with Crippen LogP contribution in [0.2, 0.25) is 5.02 Å². The van der Waals surface area contributed by atoms with Gasteiger partial charge in [0.25, 0.3) is 0 Å². The quantitative estimate of drug-likeness (QED) is 0.349. The van der Waals surface area contributed by atoms with Crippen LogP contribution in [0, 0.1) is 11.8 Å². The lowest BCUT2D eigenvalue weighted by atomic mass is 9.90. The number of aromatic nitrogens is 3. The molecule has 3 heterocycles. The van der Waals surface area contributed by atoms with Gasteiger partial charge in [-0.3, -0.25) is 9.36 Å². The van der Waals surface area contributed by atoms with E-state index in [2.05, 4.69) is 9.88 Å². The number of nitrogens with two attached hydrogens (primary N) is 1. The minimum absolute atomic E-state index is 0.109.